The van der Waals surface area contributed by atoms with Gasteiger partial charge in [-0.25, -0.2) is 4.79 Å². The molecular weight excluding hydrogens is 276 g/mol. The highest BCUT2D eigenvalue weighted by atomic mass is 79.9. The van der Waals surface area contributed by atoms with E-state index in [9.17, 15) is 4.79 Å². The van der Waals surface area contributed by atoms with Crippen LogP contribution in [0.2, 0.25) is 0 Å². The number of rotatable bonds is 5. The van der Waals surface area contributed by atoms with Crippen molar-refractivity contribution in [3.63, 3.8) is 0 Å². The molecule has 0 heterocycles. The van der Waals surface area contributed by atoms with E-state index in [4.69, 9.17) is 9.47 Å². The lowest BCUT2D eigenvalue weighted by Gasteiger charge is -2.10. The molecule has 0 aliphatic heterocycles. The van der Waals surface area contributed by atoms with Crippen molar-refractivity contribution in [3.8, 4) is 5.75 Å². The Balaban J connectivity index is 3.00. The zero-order valence-electron chi connectivity index (χ0n) is 9.16. The maximum absolute atomic E-state index is 11.4. The van der Waals surface area contributed by atoms with Gasteiger partial charge in [0.1, 0.15) is 11.3 Å². The summed E-state index contributed by atoms with van der Waals surface area (Å²) in [5.41, 5.74) is 1.41. The van der Waals surface area contributed by atoms with E-state index in [1.807, 2.05) is 6.07 Å². The van der Waals surface area contributed by atoms with Gasteiger partial charge in [0, 0.05) is 12.4 Å². The molecule has 1 aromatic carbocycles. The van der Waals surface area contributed by atoms with Crippen LogP contribution in [0.5, 0.6) is 5.75 Å². The minimum atomic E-state index is -0.424. The summed E-state index contributed by atoms with van der Waals surface area (Å²) in [4.78, 5) is 11.4. The summed E-state index contributed by atoms with van der Waals surface area (Å²) < 4.78 is 14.8. The Morgan fingerprint density at radius 3 is 2.69 bits per heavy atom. The van der Waals surface area contributed by atoms with Crippen LogP contribution in [0.15, 0.2) is 18.2 Å². The standard InChI is InChI=1S/C11H13BrO4/c1-14-7-16-10-5-8(6-12)3-4-9(10)11(13)15-2/h3-5H,6-7H2,1-2H3. The van der Waals surface area contributed by atoms with Crippen molar-refractivity contribution in [2.24, 2.45) is 0 Å². The van der Waals surface area contributed by atoms with E-state index in [0.717, 1.165) is 5.56 Å². The maximum atomic E-state index is 11.4. The van der Waals surface area contributed by atoms with Gasteiger partial charge in [-0.05, 0) is 17.7 Å². The average Bonchev–Trinajstić information content (AvgIpc) is 2.34. The van der Waals surface area contributed by atoms with Crippen LogP contribution >= 0.6 is 15.9 Å². The molecule has 1 aromatic rings. The molecule has 0 aliphatic carbocycles. The van der Waals surface area contributed by atoms with Crippen molar-refractivity contribution < 1.29 is 19.0 Å². The van der Waals surface area contributed by atoms with E-state index in [-0.39, 0.29) is 6.79 Å². The van der Waals surface area contributed by atoms with Crippen molar-refractivity contribution in [3.05, 3.63) is 29.3 Å². The highest BCUT2D eigenvalue weighted by Crippen LogP contribution is 2.22. The van der Waals surface area contributed by atoms with Crippen LogP contribution in [0.3, 0.4) is 0 Å². The summed E-state index contributed by atoms with van der Waals surface area (Å²) in [6.45, 7) is 0.0930. The van der Waals surface area contributed by atoms with E-state index in [1.165, 1.54) is 14.2 Å². The lowest BCUT2D eigenvalue weighted by Crippen LogP contribution is -2.07. The number of esters is 1. The third kappa shape index (κ3) is 3.21. The van der Waals surface area contributed by atoms with Gasteiger partial charge < -0.3 is 14.2 Å². The number of methoxy groups -OCH3 is 2. The van der Waals surface area contributed by atoms with Gasteiger partial charge in [-0.1, -0.05) is 22.0 Å². The zero-order chi connectivity index (χ0) is 12.0. The van der Waals surface area contributed by atoms with Gasteiger partial charge in [-0.15, -0.1) is 0 Å². The number of halogens is 1. The monoisotopic (exact) mass is 288 g/mol. The van der Waals surface area contributed by atoms with E-state index in [0.29, 0.717) is 16.6 Å². The van der Waals surface area contributed by atoms with Crippen LogP contribution in [0.25, 0.3) is 0 Å². The number of carbonyl (C=O) groups is 1. The molecular formula is C11H13BrO4. The molecule has 4 nitrogen and oxygen atoms in total. The summed E-state index contributed by atoms with van der Waals surface area (Å²) in [6, 6.07) is 5.29. The normalized spacial score (nSPS) is 9.94. The molecule has 0 N–H and O–H groups in total. The second-order valence-corrected chi connectivity index (χ2v) is 3.57. The predicted octanol–water partition coefficient (Wildman–Crippen LogP) is 2.35. The van der Waals surface area contributed by atoms with Crippen molar-refractivity contribution in [1.82, 2.24) is 0 Å². The van der Waals surface area contributed by atoms with E-state index < -0.39 is 5.97 Å². The fraction of sp³-hybridized carbons (Fsp3) is 0.364. The minimum Gasteiger partial charge on any atom is -0.467 e. The van der Waals surface area contributed by atoms with Crippen molar-refractivity contribution in [2.75, 3.05) is 21.0 Å². The van der Waals surface area contributed by atoms with Gasteiger partial charge >= 0.3 is 5.97 Å². The summed E-state index contributed by atoms with van der Waals surface area (Å²) in [6.07, 6.45) is 0. The fourth-order valence-electron chi connectivity index (χ4n) is 1.17. The lowest BCUT2D eigenvalue weighted by molar-refractivity contribution is 0.0465. The molecule has 1 rings (SSSR count). The van der Waals surface area contributed by atoms with Crippen LogP contribution < -0.4 is 4.74 Å². The fourth-order valence-corrected chi connectivity index (χ4v) is 1.52. The van der Waals surface area contributed by atoms with Crippen LogP contribution in [0.1, 0.15) is 15.9 Å². The third-order valence-electron chi connectivity index (χ3n) is 1.94. The molecule has 0 radical (unpaired) electrons. The Labute approximate surface area is 103 Å². The average molecular weight is 289 g/mol. The van der Waals surface area contributed by atoms with Gasteiger partial charge in [-0.2, -0.15) is 0 Å². The van der Waals surface area contributed by atoms with Crippen molar-refractivity contribution in [2.45, 2.75) is 5.33 Å². The number of ether oxygens (including phenoxy) is 3. The van der Waals surface area contributed by atoms with Gasteiger partial charge in [0.05, 0.1) is 7.11 Å². The summed E-state index contributed by atoms with van der Waals surface area (Å²) in [5.74, 6) is 0.0397. The van der Waals surface area contributed by atoms with Crippen molar-refractivity contribution >= 4 is 21.9 Å². The topological polar surface area (TPSA) is 44.8 Å². The molecule has 88 valence electrons. The Morgan fingerprint density at radius 1 is 1.38 bits per heavy atom. The van der Waals surface area contributed by atoms with Gasteiger partial charge in [0.2, 0.25) is 0 Å². The molecule has 0 aromatic heterocycles. The van der Waals surface area contributed by atoms with Crippen LogP contribution in [0.4, 0.5) is 0 Å². The van der Waals surface area contributed by atoms with Gasteiger partial charge in [0.15, 0.2) is 6.79 Å². The predicted molar refractivity (Wildman–Crippen MR) is 62.9 cm³/mol. The minimum absolute atomic E-state index is 0.0930. The third-order valence-corrected chi connectivity index (χ3v) is 2.59. The van der Waals surface area contributed by atoms with Crippen LogP contribution in [0, 0.1) is 0 Å². The first-order valence-corrected chi connectivity index (χ1v) is 5.74. The molecule has 16 heavy (non-hydrogen) atoms. The first-order valence-electron chi connectivity index (χ1n) is 4.62. The Kier molecular flexibility index (Phi) is 5.28. The molecule has 0 unspecified atom stereocenters. The number of carbonyl (C=O) groups excluding carboxylic acids is 1. The summed E-state index contributed by atoms with van der Waals surface area (Å²) >= 11 is 3.34. The van der Waals surface area contributed by atoms with E-state index >= 15 is 0 Å². The molecule has 0 atom stereocenters. The smallest absolute Gasteiger partial charge is 0.341 e. The summed E-state index contributed by atoms with van der Waals surface area (Å²) in [5, 5.41) is 0.692. The molecule has 0 saturated heterocycles. The van der Waals surface area contributed by atoms with Gasteiger partial charge in [0.25, 0.3) is 0 Å². The largest absolute Gasteiger partial charge is 0.467 e. The number of hydrogen-bond donors (Lipinski definition) is 0. The highest BCUT2D eigenvalue weighted by molar-refractivity contribution is 9.08. The molecule has 0 spiro atoms. The molecule has 0 saturated carbocycles. The Hall–Kier alpha value is -1.07. The van der Waals surface area contributed by atoms with E-state index in [1.54, 1.807) is 12.1 Å². The lowest BCUT2D eigenvalue weighted by atomic mass is 10.1. The second-order valence-electron chi connectivity index (χ2n) is 3.01. The van der Waals surface area contributed by atoms with Crippen LogP contribution in [-0.2, 0) is 14.8 Å². The number of benzene rings is 1. The summed E-state index contributed by atoms with van der Waals surface area (Å²) in [7, 11) is 2.85. The Morgan fingerprint density at radius 2 is 2.12 bits per heavy atom. The maximum Gasteiger partial charge on any atom is 0.341 e. The van der Waals surface area contributed by atoms with Gasteiger partial charge in [-0.3, -0.25) is 0 Å². The first-order chi connectivity index (χ1) is 7.72. The number of alkyl halides is 1. The molecule has 0 fully saturated rings. The molecule has 0 amide bonds. The zero-order valence-corrected chi connectivity index (χ0v) is 10.7. The first kappa shape index (κ1) is 13.0. The second kappa shape index (κ2) is 6.50. The van der Waals surface area contributed by atoms with E-state index in [2.05, 4.69) is 20.7 Å². The SMILES string of the molecule is COCOc1cc(CBr)ccc1C(=O)OC. The van der Waals surface area contributed by atoms with Crippen LogP contribution in [-0.4, -0.2) is 27.0 Å². The Bertz CT molecular complexity index is 365. The molecule has 0 aliphatic rings. The molecule has 0 bridgehead atoms. The quantitative estimate of drug-likeness (QED) is 0.474. The number of hydrogen-bond acceptors (Lipinski definition) is 4. The highest BCUT2D eigenvalue weighted by Gasteiger charge is 2.13. The molecule has 5 heteroatoms. The van der Waals surface area contributed by atoms with Crippen molar-refractivity contribution in [1.29, 1.82) is 0 Å².